The fourth-order valence-electron chi connectivity index (χ4n) is 1.82. The van der Waals surface area contributed by atoms with E-state index in [9.17, 15) is 0 Å². The SMILES string of the molecule is Cc1cc(Oc2ccc3c(c2)OCO3)c(Br)cc1N. The molecule has 0 radical (unpaired) electrons. The second-order valence-electron chi connectivity index (χ2n) is 4.26. The molecule has 2 aromatic rings. The average Bonchev–Trinajstić information content (AvgIpc) is 2.83. The van der Waals surface area contributed by atoms with Crippen LogP contribution >= 0.6 is 15.9 Å². The summed E-state index contributed by atoms with van der Waals surface area (Å²) in [5, 5.41) is 0. The van der Waals surface area contributed by atoms with Crippen LogP contribution in [0.15, 0.2) is 34.8 Å². The van der Waals surface area contributed by atoms with Gasteiger partial charge in [0.25, 0.3) is 0 Å². The van der Waals surface area contributed by atoms with Gasteiger partial charge in [-0.2, -0.15) is 0 Å². The number of hydrogen-bond donors (Lipinski definition) is 1. The average molecular weight is 322 g/mol. The molecule has 1 aliphatic rings. The second-order valence-corrected chi connectivity index (χ2v) is 5.11. The van der Waals surface area contributed by atoms with Crippen molar-refractivity contribution in [1.29, 1.82) is 0 Å². The van der Waals surface area contributed by atoms with Crippen LogP contribution in [0.25, 0.3) is 0 Å². The van der Waals surface area contributed by atoms with E-state index in [1.807, 2.05) is 31.2 Å². The van der Waals surface area contributed by atoms with Crippen molar-refractivity contribution in [3.8, 4) is 23.0 Å². The van der Waals surface area contributed by atoms with Gasteiger partial charge in [0.2, 0.25) is 6.79 Å². The molecule has 1 heterocycles. The fraction of sp³-hybridized carbons (Fsp3) is 0.143. The van der Waals surface area contributed by atoms with E-state index in [0.29, 0.717) is 17.2 Å². The molecular weight excluding hydrogens is 310 g/mol. The van der Waals surface area contributed by atoms with Gasteiger partial charge in [0.05, 0.1) is 4.47 Å². The molecule has 0 aromatic heterocycles. The first-order valence-corrected chi connectivity index (χ1v) is 6.56. The van der Waals surface area contributed by atoms with Crippen molar-refractivity contribution in [2.24, 2.45) is 0 Å². The highest BCUT2D eigenvalue weighted by Crippen LogP contribution is 2.38. The lowest BCUT2D eigenvalue weighted by molar-refractivity contribution is 0.174. The maximum atomic E-state index is 5.83. The summed E-state index contributed by atoms with van der Waals surface area (Å²) in [5.41, 5.74) is 7.53. The van der Waals surface area contributed by atoms with Crippen LogP contribution in [-0.2, 0) is 0 Å². The lowest BCUT2D eigenvalue weighted by Gasteiger charge is -2.10. The summed E-state index contributed by atoms with van der Waals surface area (Å²) in [7, 11) is 0. The number of nitrogens with two attached hydrogens (primary N) is 1. The standard InChI is InChI=1S/C14H12BrNO3/c1-8-4-13(10(15)6-11(8)16)19-9-2-3-12-14(5-9)18-7-17-12/h2-6H,7,16H2,1H3. The fourth-order valence-corrected chi connectivity index (χ4v) is 2.26. The molecule has 0 fully saturated rings. The Balaban J connectivity index is 1.91. The van der Waals surface area contributed by atoms with E-state index in [2.05, 4.69) is 15.9 Å². The summed E-state index contributed by atoms with van der Waals surface area (Å²) >= 11 is 3.44. The van der Waals surface area contributed by atoms with Crippen molar-refractivity contribution in [1.82, 2.24) is 0 Å². The third-order valence-electron chi connectivity index (χ3n) is 2.89. The molecule has 0 atom stereocenters. The van der Waals surface area contributed by atoms with Gasteiger partial charge < -0.3 is 19.9 Å². The van der Waals surface area contributed by atoms with Gasteiger partial charge in [-0.15, -0.1) is 0 Å². The van der Waals surface area contributed by atoms with E-state index in [-0.39, 0.29) is 6.79 Å². The largest absolute Gasteiger partial charge is 0.456 e. The molecule has 5 heteroatoms. The normalized spacial score (nSPS) is 12.5. The van der Waals surface area contributed by atoms with Crippen LogP contribution in [0.5, 0.6) is 23.0 Å². The zero-order valence-electron chi connectivity index (χ0n) is 10.3. The van der Waals surface area contributed by atoms with Gasteiger partial charge in [0.1, 0.15) is 11.5 Å². The van der Waals surface area contributed by atoms with Crippen LogP contribution in [0, 0.1) is 6.92 Å². The van der Waals surface area contributed by atoms with Crippen LogP contribution in [0.2, 0.25) is 0 Å². The highest BCUT2D eigenvalue weighted by Gasteiger charge is 2.14. The molecule has 0 unspecified atom stereocenters. The number of hydrogen-bond acceptors (Lipinski definition) is 4. The van der Waals surface area contributed by atoms with Crippen LogP contribution in [0.3, 0.4) is 0 Å². The molecule has 0 aliphatic carbocycles. The lowest BCUT2D eigenvalue weighted by Crippen LogP contribution is -1.93. The van der Waals surface area contributed by atoms with E-state index in [1.54, 1.807) is 6.07 Å². The molecule has 0 amide bonds. The minimum absolute atomic E-state index is 0.253. The Morgan fingerprint density at radius 2 is 1.95 bits per heavy atom. The van der Waals surface area contributed by atoms with Crippen molar-refractivity contribution < 1.29 is 14.2 Å². The summed E-state index contributed by atoms with van der Waals surface area (Å²) < 4.78 is 17.2. The lowest BCUT2D eigenvalue weighted by atomic mass is 10.2. The summed E-state index contributed by atoms with van der Waals surface area (Å²) in [4.78, 5) is 0. The first kappa shape index (κ1) is 12.2. The van der Waals surface area contributed by atoms with Crippen molar-refractivity contribution >= 4 is 21.6 Å². The van der Waals surface area contributed by atoms with Crippen LogP contribution in [0.4, 0.5) is 5.69 Å². The number of aryl methyl sites for hydroxylation is 1. The van der Waals surface area contributed by atoms with E-state index in [0.717, 1.165) is 21.5 Å². The summed E-state index contributed by atoms with van der Waals surface area (Å²) in [6.07, 6.45) is 0. The van der Waals surface area contributed by atoms with E-state index in [1.165, 1.54) is 0 Å². The van der Waals surface area contributed by atoms with Crippen LogP contribution in [0.1, 0.15) is 5.56 Å². The van der Waals surface area contributed by atoms with E-state index >= 15 is 0 Å². The Morgan fingerprint density at radius 3 is 2.79 bits per heavy atom. The molecule has 1 aliphatic heterocycles. The van der Waals surface area contributed by atoms with Crippen LogP contribution < -0.4 is 19.9 Å². The third-order valence-corrected chi connectivity index (χ3v) is 3.51. The second kappa shape index (κ2) is 4.66. The minimum atomic E-state index is 0.253. The Bertz CT molecular complexity index is 643. The Morgan fingerprint density at radius 1 is 1.16 bits per heavy atom. The van der Waals surface area contributed by atoms with E-state index in [4.69, 9.17) is 19.9 Å². The first-order valence-electron chi connectivity index (χ1n) is 5.76. The minimum Gasteiger partial charge on any atom is -0.456 e. The summed E-state index contributed by atoms with van der Waals surface area (Å²) in [6, 6.07) is 9.20. The van der Waals surface area contributed by atoms with Crippen molar-refractivity contribution in [3.63, 3.8) is 0 Å². The zero-order valence-corrected chi connectivity index (χ0v) is 11.9. The third kappa shape index (κ3) is 2.33. The topological polar surface area (TPSA) is 53.7 Å². The smallest absolute Gasteiger partial charge is 0.231 e. The van der Waals surface area contributed by atoms with Gasteiger partial charge in [0.15, 0.2) is 11.5 Å². The predicted molar refractivity (Wildman–Crippen MR) is 75.9 cm³/mol. The van der Waals surface area contributed by atoms with Crippen LogP contribution in [-0.4, -0.2) is 6.79 Å². The quantitative estimate of drug-likeness (QED) is 0.853. The number of benzene rings is 2. The highest BCUT2D eigenvalue weighted by molar-refractivity contribution is 9.10. The van der Waals surface area contributed by atoms with Crippen molar-refractivity contribution in [2.75, 3.05) is 12.5 Å². The molecule has 0 saturated carbocycles. The number of halogens is 1. The number of fused-ring (bicyclic) bond motifs is 1. The van der Waals surface area contributed by atoms with Gasteiger partial charge in [-0.05, 0) is 52.7 Å². The Labute approximate surface area is 119 Å². The molecule has 0 saturated heterocycles. The van der Waals surface area contributed by atoms with Crippen molar-refractivity contribution in [2.45, 2.75) is 6.92 Å². The molecule has 4 nitrogen and oxygen atoms in total. The zero-order chi connectivity index (χ0) is 13.4. The Kier molecular flexibility index (Phi) is 2.98. The molecule has 2 N–H and O–H groups in total. The van der Waals surface area contributed by atoms with Gasteiger partial charge >= 0.3 is 0 Å². The van der Waals surface area contributed by atoms with Crippen molar-refractivity contribution in [3.05, 3.63) is 40.4 Å². The molecule has 0 spiro atoms. The van der Waals surface area contributed by atoms with Gasteiger partial charge in [-0.25, -0.2) is 0 Å². The molecule has 3 rings (SSSR count). The highest BCUT2D eigenvalue weighted by atomic mass is 79.9. The predicted octanol–water partition coefficient (Wildman–Crippen LogP) is 3.86. The maximum absolute atomic E-state index is 5.83. The number of ether oxygens (including phenoxy) is 3. The van der Waals surface area contributed by atoms with Gasteiger partial charge in [-0.3, -0.25) is 0 Å². The number of rotatable bonds is 2. The molecular formula is C14H12BrNO3. The first-order chi connectivity index (χ1) is 9.13. The molecule has 2 aromatic carbocycles. The molecule has 19 heavy (non-hydrogen) atoms. The van der Waals surface area contributed by atoms with Gasteiger partial charge in [-0.1, -0.05) is 0 Å². The van der Waals surface area contributed by atoms with Gasteiger partial charge in [0, 0.05) is 11.8 Å². The number of nitrogen functional groups attached to an aromatic ring is 1. The summed E-state index contributed by atoms with van der Waals surface area (Å²) in [6.45, 7) is 2.19. The molecule has 0 bridgehead atoms. The summed E-state index contributed by atoms with van der Waals surface area (Å²) in [5.74, 6) is 2.83. The maximum Gasteiger partial charge on any atom is 0.231 e. The molecule has 98 valence electrons. The van der Waals surface area contributed by atoms with E-state index < -0.39 is 0 Å². The number of anilines is 1. The Hall–Kier alpha value is -1.88. The monoisotopic (exact) mass is 321 g/mol.